The van der Waals surface area contributed by atoms with Crippen LogP contribution in [0.4, 0.5) is 23.1 Å². The maximum atomic E-state index is 12.3. The van der Waals surface area contributed by atoms with Crippen LogP contribution in [0.3, 0.4) is 0 Å². The molecule has 1 aromatic heterocycles. The third-order valence-corrected chi connectivity index (χ3v) is 5.26. The number of thiazole rings is 1. The smallest absolute Gasteiger partial charge is 0.422 e. The number of ether oxygens (including phenoxy) is 1. The number of carbonyl (C=O) groups excluding carboxylic acids is 2. The van der Waals surface area contributed by atoms with Crippen LogP contribution in [-0.4, -0.2) is 42.8 Å². The number of carbonyl (C=O) groups is 2. The van der Waals surface area contributed by atoms with Gasteiger partial charge in [-0.25, -0.2) is 9.78 Å². The molecular formula is C19H21F3N4O3S. The first-order chi connectivity index (χ1) is 14.2. The van der Waals surface area contributed by atoms with E-state index in [0.717, 1.165) is 12.0 Å². The number of rotatable bonds is 7. The Morgan fingerprint density at radius 3 is 2.77 bits per heavy atom. The first kappa shape index (κ1) is 21.9. The summed E-state index contributed by atoms with van der Waals surface area (Å²) < 4.78 is 41.3. The Morgan fingerprint density at radius 1 is 1.37 bits per heavy atom. The third-order valence-electron chi connectivity index (χ3n) is 4.35. The Morgan fingerprint density at radius 2 is 2.10 bits per heavy atom. The molecule has 1 fully saturated rings. The van der Waals surface area contributed by atoms with E-state index < -0.39 is 12.8 Å². The number of benzene rings is 1. The van der Waals surface area contributed by atoms with E-state index in [0.29, 0.717) is 23.9 Å². The highest BCUT2D eigenvalue weighted by molar-refractivity contribution is 7.14. The van der Waals surface area contributed by atoms with E-state index in [1.165, 1.54) is 23.5 Å². The molecule has 0 radical (unpaired) electrons. The highest BCUT2D eigenvalue weighted by atomic mass is 32.1. The van der Waals surface area contributed by atoms with Crippen LogP contribution in [0, 0.1) is 0 Å². The molecule has 2 aromatic rings. The van der Waals surface area contributed by atoms with Crippen LogP contribution in [-0.2, 0) is 11.2 Å². The van der Waals surface area contributed by atoms with Crippen molar-refractivity contribution in [3.63, 3.8) is 0 Å². The average Bonchev–Trinajstić information content (AvgIpc) is 3.14. The highest BCUT2D eigenvalue weighted by Gasteiger charge is 2.28. The standard InChI is InChI=1S/C19H21F3N4O3S/c1-12(13-3-5-15(6-4-13)29-11-19(20,21)22)24-16(27)9-14-10-30-18(25-14)26-8-2-7-23-17(26)28/h3-6,10,12H,2,7-9,11H2,1H3,(H,23,28)(H,24,27). The average molecular weight is 442 g/mol. The fourth-order valence-corrected chi connectivity index (χ4v) is 3.72. The molecule has 0 spiro atoms. The van der Waals surface area contributed by atoms with Crippen molar-refractivity contribution in [2.24, 2.45) is 0 Å². The van der Waals surface area contributed by atoms with Gasteiger partial charge in [-0.15, -0.1) is 11.3 Å². The molecule has 1 atom stereocenters. The second-order valence-corrected chi connectivity index (χ2v) is 7.63. The van der Waals surface area contributed by atoms with Gasteiger partial charge >= 0.3 is 12.2 Å². The van der Waals surface area contributed by atoms with E-state index in [1.54, 1.807) is 29.3 Å². The number of anilines is 1. The normalized spacial score (nSPS) is 15.5. The first-order valence-corrected chi connectivity index (χ1v) is 10.2. The van der Waals surface area contributed by atoms with Crippen molar-refractivity contribution in [2.75, 3.05) is 24.6 Å². The summed E-state index contributed by atoms with van der Waals surface area (Å²) >= 11 is 1.30. The molecule has 3 rings (SSSR count). The SMILES string of the molecule is CC(NC(=O)Cc1csc(N2CCCNC2=O)n1)c1ccc(OCC(F)(F)F)cc1. The zero-order chi connectivity index (χ0) is 21.7. The Labute approximate surface area is 175 Å². The lowest BCUT2D eigenvalue weighted by molar-refractivity contribution is -0.153. The first-order valence-electron chi connectivity index (χ1n) is 9.30. The number of amides is 3. The summed E-state index contributed by atoms with van der Waals surface area (Å²) in [5.41, 5.74) is 1.29. The predicted octanol–water partition coefficient (Wildman–Crippen LogP) is 3.42. The van der Waals surface area contributed by atoms with Crippen molar-refractivity contribution >= 4 is 28.4 Å². The maximum absolute atomic E-state index is 12.3. The number of halogens is 3. The van der Waals surface area contributed by atoms with Gasteiger partial charge in [0.25, 0.3) is 0 Å². The van der Waals surface area contributed by atoms with Crippen LogP contribution in [0.15, 0.2) is 29.6 Å². The number of hydrogen-bond acceptors (Lipinski definition) is 5. The van der Waals surface area contributed by atoms with Crippen LogP contribution in [0.1, 0.15) is 30.6 Å². The number of nitrogens with one attached hydrogen (secondary N) is 2. The number of aromatic nitrogens is 1. The highest BCUT2D eigenvalue weighted by Crippen LogP contribution is 2.23. The second-order valence-electron chi connectivity index (χ2n) is 6.80. The van der Waals surface area contributed by atoms with Gasteiger partial charge in [0.15, 0.2) is 11.7 Å². The molecule has 1 aromatic carbocycles. The fourth-order valence-electron chi connectivity index (χ4n) is 2.87. The van der Waals surface area contributed by atoms with Crippen molar-refractivity contribution in [3.05, 3.63) is 40.9 Å². The summed E-state index contributed by atoms with van der Waals surface area (Å²) in [6, 6.07) is 5.53. The van der Waals surface area contributed by atoms with Crippen LogP contribution in [0.25, 0.3) is 0 Å². The van der Waals surface area contributed by atoms with Gasteiger partial charge in [0.2, 0.25) is 5.91 Å². The van der Waals surface area contributed by atoms with Gasteiger partial charge in [-0.3, -0.25) is 9.69 Å². The predicted molar refractivity (Wildman–Crippen MR) is 106 cm³/mol. The van der Waals surface area contributed by atoms with E-state index in [9.17, 15) is 22.8 Å². The third kappa shape index (κ3) is 6.09. The van der Waals surface area contributed by atoms with Crippen LogP contribution in [0.2, 0.25) is 0 Å². The minimum Gasteiger partial charge on any atom is -0.484 e. The summed E-state index contributed by atoms with van der Waals surface area (Å²) in [4.78, 5) is 30.1. The minimum atomic E-state index is -4.40. The summed E-state index contributed by atoms with van der Waals surface area (Å²) in [6.45, 7) is 1.65. The van der Waals surface area contributed by atoms with Gasteiger partial charge in [0, 0.05) is 18.5 Å². The molecule has 162 valence electrons. The monoisotopic (exact) mass is 442 g/mol. The van der Waals surface area contributed by atoms with Crippen LogP contribution < -0.4 is 20.3 Å². The van der Waals surface area contributed by atoms with Gasteiger partial charge in [-0.2, -0.15) is 13.2 Å². The minimum absolute atomic E-state index is 0.0586. The van der Waals surface area contributed by atoms with E-state index in [1.807, 2.05) is 0 Å². The van der Waals surface area contributed by atoms with Crippen molar-refractivity contribution in [1.82, 2.24) is 15.6 Å². The Bertz CT molecular complexity index is 886. The summed E-state index contributed by atoms with van der Waals surface area (Å²) in [6.07, 6.45) is -3.50. The summed E-state index contributed by atoms with van der Waals surface area (Å²) in [5.74, 6) is -0.147. The molecule has 0 saturated carbocycles. The topological polar surface area (TPSA) is 83.6 Å². The molecule has 1 saturated heterocycles. The molecule has 2 N–H and O–H groups in total. The number of nitrogens with zero attached hydrogens (tertiary/aromatic N) is 2. The Kier molecular flexibility index (Phi) is 6.80. The lowest BCUT2D eigenvalue weighted by Gasteiger charge is -2.24. The van der Waals surface area contributed by atoms with Crippen molar-refractivity contribution < 1.29 is 27.5 Å². The molecule has 7 nitrogen and oxygen atoms in total. The summed E-state index contributed by atoms with van der Waals surface area (Å²) in [5, 5.41) is 7.88. The van der Waals surface area contributed by atoms with Crippen molar-refractivity contribution in [1.29, 1.82) is 0 Å². The zero-order valence-corrected chi connectivity index (χ0v) is 17.0. The molecule has 30 heavy (non-hydrogen) atoms. The quantitative estimate of drug-likeness (QED) is 0.688. The van der Waals surface area contributed by atoms with Crippen molar-refractivity contribution in [3.8, 4) is 5.75 Å². The molecular weight excluding hydrogens is 421 g/mol. The Balaban J connectivity index is 1.51. The largest absolute Gasteiger partial charge is 0.484 e. The van der Waals surface area contributed by atoms with E-state index in [4.69, 9.17) is 0 Å². The molecule has 2 heterocycles. The lowest BCUT2D eigenvalue weighted by atomic mass is 10.1. The number of hydrogen-bond donors (Lipinski definition) is 2. The van der Waals surface area contributed by atoms with Gasteiger partial charge in [0.1, 0.15) is 5.75 Å². The van der Waals surface area contributed by atoms with E-state index in [2.05, 4.69) is 20.4 Å². The number of urea groups is 1. The molecule has 0 bridgehead atoms. The van der Waals surface area contributed by atoms with Crippen LogP contribution in [0.5, 0.6) is 5.75 Å². The van der Waals surface area contributed by atoms with E-state index in [-0.39, 0.29) is 30.2 Å². The maximum Gasteiger partial charge on any atom is 0.422 e. The second kappa shape index (κ2) is 9.33. The molecule has 1 aliphatic heterocycles. The van der Waals surface area contributed by atoms with Crippen molar-refractivity contribution in [2.45, 2.75) is 32.0 Å². The van der Waals surface area contributed by atoms with Gasteiger partial charge in [-0.05, 0) is 31.0 Å². The fraction of sp³-hybridized carbons (Fsp3) is 0.421. The number of alkyl halides is 3. The molecule has 3 amide bonds. The van der Waals surface area contributed by atoms with Gasteiger partial charge in [0.05, 0.1) is 18.2 Å². The summed E-state index contributed by atoms with van der Waals surface area (Å²) in [7, 11) is 0. The lowest BCUT2D eigenvalue weighted by Crippen LogP contribution is -2.46. The van der Waals surface area contributed by atoms with E-state index >= 15 is 0 Å². The molecule has 11 heteroatoms. The van der Waals surface area contributed by atoms with Crippen LogP contribution >= 0.6 is 11.3 Å². The zero-order valence-electron chi connectivity index (χ0n) is 16.2. The molecule has 1 unspecified atom stereocenters. The van der Waals surface area contributed by atoms with Gasteiger partial charge in [-0.1, -0.05) is 12.1 Å². The molecule has 1 aliphatic rings. The Hall–Kier alpha value is -2.82. The van der Waals surface area contributed by atoms with Gasteiger partial charge < -0.3 is 15.4 Å². The molecule has 0 aliphatic carbocycles.